The Morgan fingerprint density at radius 1 is 0.879 bits per heavy atom. The van der Waals surface area contributed by atoms with Crippen molar-refractivity contribution in [3.05, 3.63) is 78.3 Å². The van der Waals surface area contributed by atoms with E-state index >= 15 is 0 Å². The van der Waals surface area contributed by atoms with Gasteiger partial charge in [-0.3, -0.25) is 19.3 Å². The summed E-state index contributed by atoms with van der Waals surface area (Å²) in [6.45, 7) is 6.99. The fourth-order valence-electron chi connectivity index (χ4n) is 3.80. The van der Waals surface area contributed by atoms with Crippen molar-refractivity contribution in [2.24, 2.45) is 0 Å². The van der Waals surface area contributed by atoms with Gasteiger partial charge in [-0.25, -0.2) is 8.42 Å². The van der Waals surface area contributed by atoms with Crippen LogP contribution in [0.25, 0.3) is 0 Å². The number of amides is 1. The maximum Gasteiger partial charge on any atom is 0.261 e. The van der Waals surface area contributed by atoms with Crippen LogP contribution < -0.4 is 10.0 Å². The number of furan rings is 1. The fourth-order valence-corrected chi connectivity index (χ4v) is 4.86. The summed E-state index contributed by atoms with van der Waals surface area (Å²) in [6, 6.07) is 17.4. The molecular weight excluding hydrogens is 440 g/mol. The van der Waals surface area contributed by atoms with E-state index in [-0.39, 0.29) is 10.8 Å². The molecular formula is C24H28N4O4S. The second-order valence-electron chi connectivity index (χ2n) is 8.14. The van der Waals surface area contributed by atoms with Crippen molar-refractivity contribution in [3.63, 3.8) is 0 Å². The molecule has 1 fully saturated rings. The zero-order chi connectivity index (χ0) is 23.3. The van der Waals surface area contributed by atoms with Crippen LogP contribution in [0.15, 0.2) is 76.2 Å². The van der Waals surface area contributed by atoms with Gasteiger partial charge in [0.1, 0.15) is 5.76 Å². The standard InChI is InChI=1S/C24H28N4O4S/c1-19(29)25-21-8-10-24(11-9-21)33(30,31)26-22-6-4-20(5-7-22)17-27-12-14-28(15-13-27)18-23-3-2-16-32-23/h2-11,16,26H,12-15,17-18H2,1H3,(H,25,29). The molecule has 0 unspecified atom stereocenters. The average molecular weight is 469 g/mol. The molecule has 0 radical (unpaired) electrons. The highest BCUT2D eigenvalue weighted by atomic mass is 32.2. The molecule has 1 aromatic heterocycles. The molecule has 2 heterocycles. The quantitative estimate of drug-likeness (QED) is 0.527. The summed E-state index contributed by atoms with van der Waals surface area (Å²) in [4.78, 5) is 16.0. The normalized spacial score (nSPS) is 15.3. The van der Waals surface area contributed by atoms with Crippen molar-refractivity contribution in [2.75, 3.05) is 36.2 Å². The maximum atomic E-state index is 12.7. The number of carbonyl (C=O) groups excluding carboxylic acids is 1. The number of piperazine rings is 1. The minimum atomic E-state index is -3.71. The molecule has 1 aliphatic rings. The van der Waals surface area contributed by atoms with Crippen molar-refractivity contribution < 1.29 is 17.6 Å². The Morgan fingerprint density at radius 2 is 1.48 bits per heavy atom. The van der Waals surface area contributed by atoms with E-state index < -0.39 is 10.0 Å². The number of rotatable bonds is 8. The van der Waals surface area contributed by atoms with Crippen LogP contribution in [0.5, 0.6) is 0 Å². The Morgan fingerprint density at radius 3 is 2.06 bits per heavy atom. The van der Waals surface area contributed by atoms with E-state index in [0.29, 0.717) is 11.4 Å². The van der Waals surface area contributed by atoms with Crippen LogP contribution in [0, 0.1) is 0 Å². The van der Waals surface area contributed by atoms with Crippen LogP contribution in [-0.2, 0) is 27.9 Å². The molecule has 0 spiro atoms. The van der Waals surface area contributed by atoms with E-state index in [1.165, 1.54) is 19.1 Å². The first-order valence-electron chi connectivity index (χ1n) is 10.8. The van der Waals surface area contributed by atoms with E-state index in [9.17, 15) is 13.2 Å². The van der Waals surface area contributed by atoms with Gasteiger partial charge < -0.3 is 9.73 Å². The Kier molecular flexibility index (Phi) is 7.12. The Labute approximate surface area is 194 Å². The van der Waals surface area contributed by atoms with Crippen LogP contribution in [0.2, 0.25) is 0 Å². The number of hydrogen-bond donors (Lipinski definition) is 2. The van der Waals surface area contributed by atoms with E-state index in [1.54, 1.807) is 30.5 Å². The third kappa shape index (κ3) is 6.44. The molecule has 0 bridgehead atoms. The molecule has 0 saturated carbocycles. The van der Waals surface area contributed by atoms with Gasteiger partial charge in [0, 0.05) is 51.0 Å². The molecule has 33 heavy (non-hydrogen) atoms. The number of carbonyl (C=O) groups is 1. The molecule has 0 aliphatic carbocycles. The Balaban J connectivity index is 1.29. The average Bonchev–Trinajstić information content (AvgIpc) is 3.29. The number of nitrogens with zero attached hydrogens (tertiary/aromatic N) is 2. The van der Waals surface area contributed by atoms with Crippen LogP contribution in [0.4, 0.5) is 11.4 Å². The molecule has 1 amide bonds. The highest BCUT2D eigenvalue weighted by Gasteiger charge is 2.18. The van der Waals surface area contributed by atoms with Gasteiger partial charge in [0.15, 0.2) is 0 Å². The van der Waals surface area contributed by atoms with Crippen LogP contribution in [0.3, 0.4) is 0 Å². The van der Waals surface area contributed by atoms with Gasteiger partial charge in [-0.15, -0.1) is 0 Å². The van der Waals surface area contributed by atoms with Crippen molar-refractivity contribution in [3.8, 4) is 0 Å². The topological polar surface area (TPSA) is 94.9 Å². The third-order valence-electron chi connectivity index (χ3n) is 5.52. The van der Waals surface area contributed by atoms with Gasteiger partial charge in [0.25, 0.3) is 10.0 Å². The summed E-state index contributed by atoms with van der Waals surface area (Å²) in [5.74, 6) is 0.782. The van der Waals surface area contributed by atoms with Gasteiger partial charge in [-0.2, -0.15) is 0 Å². The monoisotopic (exact) mass is 468 g/mol. The smallest absolute Gasteiger partial charge is 0.261 e. The molecule has 174 valence electrons. The minimum Gasteiger partial charge on any atom is -0.468 e. The lowest BCUT2D eigenvalue weighted by Crippen LogP contribution is -2.45. The Bertz CT molecular complexity index is 1150. The summed E-state index contributed by atoms with van der Waals surface area (Å²) in [5, 5.41) is 2.62. The van der Waals surface area contributed by atoms with E-state index in [1.807, 2.05) is 24.3 Å². The van der Waals surface area contributed by atoms with Gasteiger partial charge in [0.2, 0.25) is 5.91 Å². The van der Waals surface area contributed by atoms with Gasteiger partial charge in [-0.05, 0) is 54.1 Å². The summed E-state index contributed by atoms with van der Waals surface area (Å²) < 4.78 is 33.4. The van der Waals surface area contributed by atoms with Crippen molar-refractivity contribution >= 4 is 27.3 Å². The van der Waals surface area contributed by atoms with Crippen molar-refractivity contribution in [1.82, 2.24) is 9.80 Å². The van der Waals surface area contributed by atoms with E-state index in [2.05, 4.69) is 19.8 Å². The molecule has 4 rings (SSSR count). The van der Waals surface area contributed by atoms with Gasteiger partial charge in [-0.1, -0.05) is 12.1 Å². The number of hydrogen-bond acceptors (Lipinski definition) is 6. The second kappa shape index (κ2) is 10.2. The molecule has 9 heteroatoms. The zero-order valence-electron chi connectivity index (χ0n) is 18.5. The highest BCUT2D eigenvalue weighted by molar-refractivity contribution is 7.92. The van der Waals surface area contributed by atoms with Crippen LogP contribution in [-0.4, -0.2) is 50.3 Å². The second-order valence-corrected chi connectivity index (χ2v) is 9.82. The lowest BCUT2D eigenvalue weighted by atomic mass is 10.2. The predicted octanol–water partition coefficient (Wildman–Crippen LogP) is 3.36. The number of sulfonamides is 1. The lowest BCUT2D eigenvalue weighted by Gasteiger charge is -2.34. The Hall–Kier alpha value is -3.14. The molecule has 1 aliphatic heterocycles. The number of anilines is 2. The molecule has 8 nitrogen and oxygen atoms in total. The molecule has 3 aromatic rings. The minimum absolute atomic E-state index is 0.132. The van der Waals surface area contributed by atoms with Gasteiger partial charge >= 0.3 is 0 Å². The lowest BCUT2D eigenvalue weighted by molar-refractivity contribution is -0.114. The van der Waals surface area contributed by atoms with Crippen molar-refractivity contribution in [1.29, 1.82) is 0 Å². The molecule has 1 saturated heterocycles. The maximum absolute atomic E-state index is 12.7. The first-order valence-corrected chi connectivity index (χ1v) is 12.3. The highest BCUT2D eigenvalue weighted by Crippen LogP contribution is 2.20. The number of nitrogens with one attached hydrogen (secondary N) is 2. The predicted molar refractivity (Wildman–Crippen MR) is 127 cm³/mol. The van der Waals surface area contributed by atoms with Crippen LogP contribution >= 0.6 is 0 Å². The fraction of sp³-hybridized carbons (Fsp3) is 0.292. The van der Waals surface area contributed by atoms with Crippen LogP contribution in [0.1, 0.15) is 18.2 Å². The largest absolute Gasteiger partial charge is 0.468 e. The molecule has 2 N–H and O–H groups in total. The summed E-state index contributed by atoms with van der Waals surface area (Å²) >= 11 is 0. The molecule has 0 atom stereocenters. The van der Waals surface area contributed by atoms with E-state index in [4.69, 9.17) is 4.42 Å². The SMILES string of the molecule is CC(=O)Nc1ccc(S(=O)(=O)Nc2ccc(CN3CCN(Cc4ccco4)CC3)cc2)cc1. The zero-order valence-corrected chi connectivity index (χ0v) is 19.3. The summed E-state index contributed by atoms with van der Waals surface area (Å²) in [7, 11) is -3.71. The summed E-state index contributed by atoms with van der Waals surface area (Å²) in [6.07, 6.45) is 1.71. The summed E-state index contributed by atoms with van der Waals surface area (Å²) in [5.41, 5.74) is 2.19. The first-order chi connectivity index (χ1) is 15.9. The van der Waals surface area contributed by atoms with E-state index in [0.717, 1.165) is 50.6 Å². The third-order valence-corrected chi connectivity index (χ3v) is 6.92. The molecule has 2 aromatic carbocycles. The van der Waals surface area contributed by atoms with Crippen molar-refractivity contribution in [2.45, 2.75) is 24.9 Å². The van der Waals surface area contributed by atoms with Gasteiger partial charge in [0.05, 0.1) is 17.7 Å². The first kappa shape index (κ1) is 23.0. The number of benzene rings is 2.